The Morgan fingerprint density at radius 3 is 2.27 bits per heavy atom. The molecule has 1 saturated heterocycles. The first-order chi connectivity index (χ1) is 10.6. The monoisotopic (exact) mass is 305 g/mol. The number of anilines is 1. The molecular weight excluding hydrogens is 282 g/mol. The summed E-state index contributed by atoms with van der Waals surface area (Å²) in [4.78, 5) is 27.9. The van der Waals surface area contributed by atoms with Gasteiger partial charge < -0.3 is 19.9 Å². The minimum Gasteiger partial charge on any atom is -0.462 e. The van der Waals surface area contributed by atoms with Crippen molar-refractivity contribution in [1.29, 1.82) is 0 Å². The number of amides is 2. The van der Waals surface area contributed by atoms with Crippen LogP contribution in [-0.2, 0) is 4.74 Å². The lowest BCUT2D eigenvalue weighted by molar-refractivity contribution is 0.0526. The Balaban J connectivity index is 1.88. The quantitative estimate of drug-likeness (QED) is 0.865. The molecule has 6 heteroatoms. The first-order valence-electron chi connectivity index (χ1n) is 7.69. The fourth-order valence-electron chi connectivity index (χ4n) is 2.37. The minimum absolute atomic E-state index is 0.0976. The van der Waals surface area contributed by atoms with Gasteiger partial charge in [0.15, 0.2) is 0 Å². The standard InChI is InChI=1S/C16H23N3O3/c1-3-18-9-11-19(12-10-18)16(21)17-14-7-5-13(6-8-14)15(20)22-4-2/h5-8H,3-4,9-12H2,1-2H3,(H,17,21). The molecular formula is C16H23N3O3. The van der Waals surface area contributed by atoms with Gasteiger partial charge in [0.05, 0.1) is 12.2 Å². The molecule has 1 aromatic rings. The van der Waals surface area contributed by atoms with E-state index in [0.29, 0.717) is 17.9 Å². The molecule has 0 saturated carbocycles. The van der Waals surface area contributed by atoms with Crippen LogP contribution in [0.1, 0.15) is 24.2 Å². The highest BCUT2D eigenvalue weighted by Gasteiger charge is 2.20. The topological polar surface area (TPSA) is 61.9 Å². The Kier molecular flexibility index (Phi) is 5.77. The maximum atomic E-state index is 12.2. The van der Waals surface area contributed by atoms with Gasteiger partial charge in [-0.25, -0.2) is 9.59 Å². The van der Waals surface area contributed by atoms with Gasteiger partial charge in [-0.1, -0.05) is 6.92 Å². The SMILES string of the molecule is CCOC(=O)c1ccc(NC(=O)N2CCN(CC)CC2)cc1. The average Bonchev–Trinajstić information content (AvgIpc) is 2.55. The Hall–Kier alpha value is -2.08. The second-order valence-corrected chi connectivity index (χ2v) is 5.15. The van der Waals surface area contributed by atoms with Crippen LogP contribution in [0, 0.1) is 0 Å². The van der Waals surface area contributed by atoms with Gasteiger partial charge in [0.1, 0.15) is 0 Å². The van der Waals surface area contributed by atoms with E-state index in [0.717, 1.165) is 32.7 Å². The van der Waals surface area contributed by atoms with Crippen molar-refractivity contribution < 1.29 is 14.3 Å². The van der Waals surface area contributed by atoms with Gasteiger partial charge in [0, 0.05) is 31.9 Å². The Morgan fingerprint density at radius 1 is 1.09 bits per heavy atom. The number of urea groups is 1. The van der Waals surface area contributed by atoms with E-state index in [-0.39, 0.29) is 12.0 Å². The highest BCUT2D eigenvalue weighted by Crippen LogP contribution is 2.12. The fraction of sp³-hybridized carbons (Fsp3) is 0.500. The van der Waals surface area contributed by atoms with Gasteiger partial charge in [-0.3, -0.25) is 0 Å². The molecule has 1 aromatic carbocycles. The first kappa shape index (κ1) is 16.3. The first-order valence-corrected chi connectivity index (χ1v) is 7.69. The molecule has 0 aliphatic carbocycles. The molecule has 0 atom stereocenters. The van der Waals surface area contributed by atoms with Crippen molar-refractivity contribution in [3.63, 3.8) is 0 Å². The second-order valence-electron chi connectivity index (χ2n) is 5.15. The van der Waals surface area contributed by atoms with Crippen LogP contribution < -0.4 is 5.32 Å². The molecule has 0 unspecified atom stereocenters. The highest BCUT2D eigenvalue weighted by molar-refractivity contribution is 5.92. The number of rotatable bonds is 4. The molecule has 0 spiro atoms. The third-order valence-corrected chi connectivity index (χ3v) is 3.75. The molecule has 0 aromatic heterocycles. The van der Waals surface area contributed by atoms with Crippen molar-refractivity contribution in [3.8, 4) is 0 Å². The molecule has 2 rings (SSSR count). The van der Waals surface area contributed by atoms with Gasteiger partial charge in [-0.05, 0) is 37.7 Å². The molecule has 1 fully saturated rings. The molecule has 22 heavy (non-hydrogen) atoms. The molecule has 2 amide bonds. The molecule has 0 bridgehead atoms. The summed E-state index contributed by atoms with van der Waals surface area (Å²) in [5.41, 5.74) is 1.16. The molecule has 1 heterocycles. The fourth-order valence-corrected chi connectivity index (χ4v) is 2.37. The number of benzene rings is 1. The van der Waals surface area contributed by atoms with Crippen LogP contribution >= 0.6 is 0 Å². The van der Waals surface area contributed by atoms with Gasteiger partial charge in [0.25, 0.3) is 0 Å². The summed E-state index contributed by atoms with van der Waals surface area (Å²) >= 11 is 0. The molecule has 6 nitrogen and oxygen atoms in total. The van der Waals surface area contributed by atoms with Crippen molar-refractivity contribution in [2.75, 3.05) is 44.6 Å². The maximum Gasteiger partial charge on any atom is 0.338 e. The molecule has 1 aliphatic heterocycles. The third kappa shape index (κ3) is 4.21. The Bertz CT molecular complexity index is 508. The summed E-state index contributed by atoms with van der Waals surface area (Å²) in [5, 5.41) is 2.86. The second kappa shape index (κ2) is 7.79. The van der Waals surface area contributed by atoms with Crippen molar-refractivity contribution in [1.82, 2.24) is 9.80 Å². The Labute approximate surface area is 131 Å². The number of ether oxygens (including phenoxy) is 1. The van der Waals surface area contributed by atoms with E-state index in [1.54, 1.807) is 31.2 Å². The summed E-state index contributed by atoms with van der Waals surface area (Å²) in [5.74, 6) is -0.351. The minimum atomic E-state index is -0.351. The number of nitrogens with zero attached hydrogens (tertiary/aromatic N) is 2. The third-order valence-electron chi connectivity index (χ3n) is 3.75. The van der Waals surface area contributed by atoms with Crippen LogP contribution in [0.4, 0.5) is 10.5 Å². The van der Waals surface area contributed by atoms with Crippen LogP contribution in [0.5, 0.6) is 0 Å². The number of nitrogens with one attached hydrogen (secondary N) is 1. The van der Waals surface area contributed by atoms with Crippen LogP contribution in [-0.4, -0.2) is 61.1 Å². The number of carbonyl (C=O) groups excluding carboxylic acids is 2. The van der Waals surface area contributed by atoms with Crippen molar-refractivity contribution >= 4 is 17.7 Å². The van der Waals surface area contributed by atoms with E-state index in [1.807, 2.05) is 4.90 Å². The predicted octanol–water partition coefficient (Wildman–Crippen LogP) is 2.03. The van der Waals surface area contributed by atoms with E-state index in [4.69, 9.17) is 4.74 Å². The number of hydrogen-bond donors (Lipinski definition) is 1. The normalized spacial score (nSPS) is 15.5. The smallest absolute Gasteiger partial charge is 0.338 e. The van der Waals surface area contributed by atoms with Gasteiger partial charge in [-0.2, -0.15) is 0 Å². The van der Waals surface area contributed by atoms with Crippen molar-refractivity contribution in [2.45, 2.75) is 13.8 Å². The zero-order chi connectivity index (χ0) is 15.9. The number of likely N-dealkylation sites (N-methyl/N-ethyl adjacent to an activating group) is 1. The van der Waals surface area contributed by atoms with E-state index in [9.17, 15) is 9.59 Å². The van der Waals surface area contributed by atoms with Crippen molar-refractivity contribution in [2.24, 2.45) is 0 Å². The Morgan fingerprint density at radius 2 is 1.73 bits per heavy atom. The van der Waals surface area contributed by atoms with Crippen LogP contribution in [0.2, 0.25) is 0 Å². The predicted molar refractivity (Wildman–Crippen MR) is 85.1 cm³/mol. The zero-order valence-corrected chi connectivity index (χ0v) is 13.2. The van der Waals surface area contributed by atoms with E-state index in [1.165, 1.54) is 0 Å². The maximum absolute atomic E-state index is 12.2. The summed E-state index contributed by atoms with van der Waals surface area (Å²) in [6, 6.07) is 6.64. The van der Waals surface area contributed by atoms with Gasteiger partial charge >= 0.3 is 12.0 Å². The van der Waals surface area contributed by atoms with Crippen LogP contribution in [0.3, 0.4) is 0 Å². The molecule has 1 aliphatic rings. The lowest BCUT2D eigenvalue weighted by Crippen LogP contribution is -2.49. The van der Waals surface area contributed by atoms with E-state index >= 15 is 0 Å². The van der Waals surface area contributed by atoms with Gasteiger partial charge in [-0.15, -0.1) is 0 Å². The lowest BCUT2D eigenvalue weighted by atomic mass is 10.2. The van der Waals surface area contributed by atoms with Crippen LogP contribution in [0.15, 0.2) is 24.3 Å². The number of hydrogen-bond acceptors (Lipinski definition) is 4. The largest absolute Gasteiger partial charge is 0.462 e. The average molecular weight is 305 g/mol. The zero-order valence-electron chi connectivity index (χ0n) is 13.2. The summed E-state index contributed by atoms with van der Waals surface area (Å²) in [6.07, 6.45) is 0. The van der Waals surface area contributed by atoms with E-state index in [2.05, 4.69) is 17.1 Å². The number of carbonyl (C=O) groups is 2. The van der Waals surface area contributed by atoms with Crippen molar-refractivity contribution in [3.05, 3.63) is 29.8 Å². The highest BCUT2D eigenvalue weighted by atomic mass is 16.5. The molecule has 0 radical (unpaired) electrons. The van der Waals surface area contributed by atoms with Crippen LogP contribution in [0.25, 0.3) is 0 Å². The molecule has 1 N–H and O–H groups in total. The summed E-state index contributed by atoms with van der Waals surface area (Å²) < 4.78 is 4.93. The number of piperazine rings is 1. The van der Waals surface area contributed by atoms with E-state index < -0.39 is 0 Å². The molecule has 120 valence electrons. The number of esters is 1. The summed E-state index contributed by atoms with van der Waals surface area (Å²) in [7, 11) is 0. The van der Waals surface area contributed by atoms with Gasteiger partial charge in [0.2, 0.25) is 0 Å². The lowest BCUT2D eigenvalue weighted by Gasteiger charge is -2.33. The summed E-state index contributed by atoms with van der Waals surface area (Å²) in [6.45, 7) is 8.55.